The predicted molar refractivity (Wildman–Crippen MR) is 79.6 cm³/mol. The Labute approximate surface area is 124 Å². The Morgan fingerprint density at radius 3 is 2.76 bits per heavy atom. The lowest BCUT2D eigenvalue weighted by Gasteiger charge is -2.12. The minimum absolute atomic E-state index is 0.102. The summed E-state index contributed by atoms with van der Waals surface area (Å²) in [6.45, 7) is 2.14. The zero-order valence-corrected chi connectivity index (χ0v) is 12.9. The number of carbonyl (C=O) groups is 1. The first-order chi connectivity index (χ1) is 9.86. The van der Waals surface area contributed by atoms with Crippen molar-refractivity contribution in [2.24, 2.45) is 11.1 Å². The number of nitrogens with two attached hydrogens (primary N) is 1. The van der Waals surface area contributed by atoms with Crippen molar-refractivity contribution >= 4 is 21.7 Å². The van der Waals surface area contributed by atoms with Crippen molar-refractivity contribution < 1.29 is 17.9 Å². The highest BCUT2D eigenvalue weighted by Crippen LogP contribution is 2.38. The summed E-state index contributed by atoms with van der Waals surface area (Å²) < 4.78 is 27.5. The summed E-state index contributed by atoms with van der Waals surface area (Å²) >= 11 is 0. The van der Waals surface area contributed by atoms with E-state index in [0.717, 1.165) is 19.3 Å². The second-order valence-electron chi connectivity index (χ2n) is 5.28. The summed E-state index contributed by atoms with van der Waals surface area (Å²) in [5.41, 5.74) is 0.768. The maximum atomic E-state index is 11.8. The van der Waals surface area contributed by atoms with Crippen molar-refractivity contribution in [1.29, 1.82) is 0 Å². The molecule has 2 atom stereocenters. The lowest BCUT2D eigenvalue weighted by atomic mass is 10.1. The first-order valence-corrected chi connectivity index (χ1v) is 8.43. The fourth-order valence-electron chi connectivity index (χ4n) is 2.42. The third-order valence-electron chi connectivity index (χ3n) is 3.65. The highest BCUT2D eigenvalue weighted by molar-refractivity contribution is 7.89. The zero-order valence-electron chi connectivity index (χ0n) is 12.1. The lowest BCUT2D eigenvalue weighted by Crippen LogP contribution is -2.16. The molecule has 1 saturated carbocycles. The van der Waals surface area contributed by atoms with Crippen LogP contribution < -0.4 is 10.5 Å². The molecular weight excluding hydrogens is 292 g/mol. The quantitative estimate of drug-likeness (QED) is 0.779. The van der Waals surface area contributed by atoms with Gasteiger partial charge < -0.3 is 10.1 Å². The van der Waals surface area contributed by atoms with Crippen LogP contribution >= 0.6 is 0 Å². The van der Waals surface area contributed by atoms with Crippen molar-refractivity contribution in [1.82, 2.24) is 0 Å². The fraction of sp³-hybridized carbons (Fsp3) is 0.500. The number of nitrogens with one attached hydrogen (secondary N) is 1. The first-order valence-electron chi connectivity index (χ1n) is 6.88. The second kappa shape index (κ2) is 6.03. The van der Waals surface area contributed by atoms with Crippen LogP contribution in [0.3, 0.4) is 0 Å². The molecule has 7 heteroatoms. The summed E-state index contributed by atoms with van der Waals surface area (Å²) in [6, 6.07) is 4.53. The molecule has 1 aliphatic carbocycles. The molecule has 1 aromatic rings. The van der Waals surface area contributed by atoms with Crippen molar-refractivity contribution in [3.63, 3.8) is 0 Å². The highest BCUT2D eigenvalue weighted by Gasteiger charge is 2.36. The number of hydrogen-bond acceptors (Lipinski definition) is 5. The number of sulfonamides is 1. The van der Waals surface area contributed by atoms with E-state index >= 15 is 0 Å². The van der Waals surface area contributed by atoms with Gasteiger partial charge in [-0.2, -0.15) is 0 Å². The number of carbonyl (C=O) groups excluding carboxylic acids is 1. The molecule has 1 fully saturated rings. The van der Waals surface area contributed by atoms with Crippen LogP contribution in [0.15, 0.2) is 23.1 Å². The number of ether oxygens (including phenoxy) is 1. The Kier molecular flexibility index (Phi) is 4.53. The third-order valence-corrected chi connectivity index (χ3v) is 4.56. The molecule has 0 amide bonds. The van der Waals surface area contributed by atoms with Crippen LogP contribution in [-0.4, -0.2) is 27.5 Å². The molecule has 0 radical (unpaired) electrons. The van der Waals surface area contributed by atoms with Crippen LogP contribution in [0, 0.1) is 5.92 Å². The lowest BCUT2D eigenvalue weighted by molar-refractivity contribution is 0.0601. The molecule has 2 rings (SSSR count). The fourth-order valence-corrected chi connectivity index (χ4v) is 2.96. The Morgan fingerprint density at radius 1 is 1.48 bits per heavy atom. The van der Waals surface area contributed by atoms with Gasteiger partial charge in [-0.3, -0.25) is 0 Å². The van der Waals surface area contributed by atoms with E-state index in [1.807, 2.05) is 0 Å². The van der Waals surface area contributed by atoms with Gasteiger partial charge in [0.05, 0.1) is 17.6 Å². The summed E-state index contributed by atoms with van der Waals surface area (Å²) in [5.74, 6) is 0.0223. The van der Waals surface area contributed by atoms with E-state index in [-0.39, 0.29) is 10.5 Å². The Balaban J connectivity index is 2.26. The van der Waals surface area contributed by atoms with Crippen molar-refractivity contribution in [3.05, 3.63) is 23.8 Å². The number of primary sulfonamides is 1. The zero-order chi connectivity index (χ0) is 15.6. The molecular formula is C14H20N2O4S. The van der Waals surface area contributed by atoms with Gasteiger partial charge in [-0.1, -0.05) is 13.3 Å². The van der Waals surface area contributed by atoms with Gasteiger partial charge in [-0.25, -0.2) is 18.4 Å². The van der Waals surface area contributed by atoms with Gasteiger partial charge in [-0.15, -0.1) is 0 Å². The maximum Gasteiger partial charge on any atom is 0.340 e. The molecule has 3 N–H and O–H groups in total. The average molecular weight is 312 g/mol. The summed E-state index contributed by atoms with van der Waals surface area (Å²) in [6.07, 6.45) is 3.32. The van der Waals surface area contributed by atoms with Gasteiger partial charge in [0, 0.05) is 11.7 Å². The molecule has 0 spiro atoms. The second-order valence-corrected chi connectivity index (χ2v) is 6.84. The van der Waals surface area contributed by atoms with E-state index in [9.17, 15) is 13.2 Å². The molecule has 0 aliphatic heterocycles. The molecule has 6 nitrogen and oxygen atoms in total. The van der Waals surface area contributed by atoms with Gasteiger partial charge >= 0.3 is 5.97 Å². The number of anilines is 1. The van der Waals surface area contributed by atoms with Gasteiger partial charge in [-0.05, 0) is 37.0 Å². The van der Waals surface area contributed by atoms with Crippen molar-refractivity contribution in [3.8, 4) is 0 Å². The Morgan fingerprint density at radius 2 is 2.19 bits per heavy atom. The number of hydrogen-bond donors (Lipinski definition) is 2. The number of esters is 1. The van der Waals surface area contributed by atoms with E-state index in [1.54, 1.807) is 6.07 Å². The third kappa shape index (κ3) is 3.74. The summed E-state index contributed by atoms with van der Waals surface area (Å²) in [7, 11) is -2.59. The smallest absolute Gasteiger partial charge is 0.340 e. The highest BCUT2D eigenvalue weighted by atomic mass is 32.2. The monoisotopic (exact) mass is 312 g/mol. The minimum atomic E-state index is -3.85. The molecule has 1 aliphatic rings. The number of rotatable bonds is 6. The van der Waals surface area contributed by atoms with E-state index in [4.69, 9.17) is 9.88 Å². The summed E-state index contributed by atoms with van der Waals surface area (Å²) in [5, 5.41) is 8.37. The van der Waals surface area contributed by atoms with E-state index < -0.39 is 16.0 Å². The van der Waals surface area contributed by atoms with Crippen LogP contribution in [-0.2, 0) is 14.8 Å². The van der Waals surface area contributed by atoms with Crippen LogP contribution in [0.2, 0.25) is 0 Å². The minimum Gasteiger partial charge on any atom is -0.465 e. The van der Waals surface area contributed by atoms with Crippen LogP contribution in [0.1, 0.15) is 36.5 Å². The number of benzene rings is 1. The van der Waals surface area contributed by atoms with Crippen molar-refractivity contribution in [2.45, 2.75) is 37.1 Å². The molecule has 2 unspecified atom stereocenters. The van der Waals surface area contributed by atoms with Crippen LogP contribution in [0.5, 0.6) is 0 Å². The molecule has 21 heavy (non-hydrogen) atoms. The molecule has 0 heterocycles. The van der Waals surface area contributed by atoms with Gasteiger partial charge in [0.15, 0.2) is 0 Å². The van der Waals surface area contributed by atoms with E-state index in [2.05, 4.69) is 12.2 Å². The van der Waals surface area contributed by atoms with E-state index in [1.165, 1.54) is 19.2 Å². The largest absolute Gasteiger partial charge is 0.465 e. The van der Waals surface area contributed by atoms with Crippen LogP contribution in [0.4, 0.5) is 5.69 Å². The van der Waals surface area contributed by atoms with Gasteiger partial charge in [0.1, 0.15) is 0 Å². The maximum absolute atomic E-state index is 11.8. The molecule has 0 aromatic heterocycles. The SMILES string of the molecule is CCCC1CC1Nc1ccc(S(N)(=O)=O)cc1C(=O)OC. The van der Waals surface area contributed by atoms with Crippen molar-refractivity contribution in [2.75, 3.05) is 12.4 Å². The Bertz CT molecular complexity index is 642. The first kappa shape index (κ1) is 15.8. The van der Waals surface area contributed by atoms with Gasteiger partial charge in [0.25, 0.3) is 0 Å². The molecule has 1 aromatic carbocycles. The predicted octanol–water partition coefficient (Wildman–Crippen LogP) is 1.72. The Hall–Kier alpha value is -1.60. The topological polar surface area (TPSA) is 98.5 Å². The molecule has 0 bridgehead atoms. The molecule has 0 saturated heterocycles. The average Bonchev–Trinajstić information content (AvgIpc) is 3.15. The van der Waals surface area contributed by atoms with Gasteiger partial charge in [0.2, 0.25) is 10.0 Å². The standard InChI is InChI=1S/C14H20N2O4S/c1-3-4-9-7-13(9)16-12-6-5-10(21(15,18)19)8-11(12)14(17)20-2/h5-6,8-9,13,16H,3-4,7H2,1-2H3,(H2,15,18,19). The summed E-state index contributed by atoms with van der Waals surface area (Å²) in [4.78, 5) is 11.7. The van der Waals surface area contributed by atoms with E-state index in [0.29, 0.717) is 17.6 Å². The molecule has 116 valence electrons. The normalized spacial score (nSPS) is 20.9. The van der Waals surface area contributed by atoms with Crippen LogP contribution in [0.25, 0.3) is 0 Å². The number of methoxy groups -OCH3 is 1.